The molecule has 46 heavy (non-hydrogen) atoms. The first-order valence-corrected chi connectivity index (χ1v) is 16.2. The van der Waals surface area contributed by atoms with Gasteiger partial charge in [0.2, 0.25) is 0 Å². The third-order valence-corrected chi connectivity index (χ3v) is 10.8. The van der Waals surface area contributed by atoms with E-state index in [4.69, 9.17) is 0 Å². The Morgan fingerprint density at radius 3 is 1.93 bits per heavy atom. The number of rotatable bonds is 2. The fourth-order valence-electron chi connectivity index (χ4n) is 7.79. The van der Waals surface area contributed by atoms with E-state index in [2.05, 4.69) is 87.3 Å². The quantitative estimate of drug-likeness (QED) is 0.180. The minimum atomic E-state index is -0.301. The summed E-state index contributed by atoms with van der Waals surface area (Å²) in [6, 6.07) is 39.5. The molecule has 0 saturated carbocycles. The Morgan fingerprint density at radius 2 is 1.20 bits per heavy atom. The zero-order chi connectivity index (χ0) is 30.7. The van der Waals surface area contributed by atoms with Crippen molar-refractivity contribution in [3.8, 4) is 0 Å². The van der Waals surface area contributed by atoms with Crippen LogP contribution in [0.5, 0.6) is 0 Å². The van der Waals surface area contributed by atoms with Gasteiger partial charge in [0, 0.05) is 50.9 Å². The minimum absolute atomic E-state index is 0.173. The zero-order valence-electron chi connectivity index (χ0n) is 24.7. The number of para-hydroxylation sites is 2. The molecule has 0 spiro atoms. The summed E-state index contributed by atoms with van der Waals surface area (Å²) in [6.45, 7) is -0.173. The van der Waals surface area contributed by atoms with E-state index in [-0.39, 0.29) is 18.3 Å². The van der Waals surface area contributed by atoms with Gasteiger partial charge in [0.05, 0.1) is 11.4 Å². The number of hydrogen-bond acceptors (Lipinski definition) is 3. The molecule has 2 aliphatic rings. The Hall–Kier alpha value is -5.40. The van der Waals surface area contributed by atoms with Crippen LogP contribution in [0.25, 0.3) is 31.1 Å². The van der Waals surface area contributed by atoms with Gasteiger partial charge in [-0.25, -0.2) is 8.78 Å². The van der Waals surface area contributed by atoms with Gasteiger partial charge in [-0.15, -0.1) is 11.3 Å². The fourth-order valence-corrected chi connectivity index (χ4v) is 8.92. The van der Waals surface area contributed by atoms with E-state index in [0.717, 1.165) is 50.0 Å². The van der Waals surface area contributed by atoms with Crippen molar-refractivity contribution in [2.45, 2.75) is 0 Å². The Bertz CT molecular complexity index is 2570. The van der Waals surface area contributed by atoms with E-state index in [9.17, 15) is 0 Å². The second-order valence-corrected chi connectivity index (χ2v) is 13.2. The number of anilines is 6. The van der Waals surface area contributed by atoms with Crippen molar-refractivity contribution in [2.75, 3.05) is 9.80 Å². The van der Waals surface area contributed by atoms with Crippen molar-refractivity contribution in [3.63, 3.8) is 0 Å². The predicted molar refractivity (Wildman–Crippen MR) is 190 cm³/mol. The molecule has 2 aliphatic heterocycles. The van der Waals surface area contributed by atoms with Gasteiger partial charge in [-0.2, -0.15) is 0 Å². The number of aryl methyl sites for hydroxylation is 1. The van der Waals surface area contributed by atoms with Crippen LogP contribution >= 0.6 is 11.3 Å². The summed E-state index contributed by atoms with van der Waals surface area (Å²) in [4.78, 5) is 4.13. The van der Waals surface area contributed by atoms with Crippen LogP contribution in [0, 0.1) is 11.6 Å². The maximum Gasteiger partial charge on any atom is 0.253 e. The van der Waals surface area contributed by atoms with Crippen LogP contribution < -0.4 is 26.2 Å². The lowest BCUT2D eigenvalue weighted by Gasteiger charge is -2.44. The molecule has 7 heteroatoms. The lowest BCUT2D eigenvalue weighted by Crippen LogP contribution is -2.61. The molecule has 6 aromatic carbocycles. The number of fused-ring (bicyclic) bond motifs is 9. The molecule has 10 rings (SSSR count). The third-order valence-electron chi connectivity index (χ3n) is 9.69. The summed E-state index contributed by atoms with van der Waals surface area (Å²) in [6.07, 6.45) is 2.07. The molecule has 0 N–H and O–H groups in total. The summed E-state index contributed by atoms with van der Waals surface area (Å²) >= 11 is 1.78. The summed E-state index contributed by atoms with van der Waals surface area (Å²) in [7, 11) is 2.04. The van der Waals surface area contributed by atoms with Crippen molar-refractivity contribution < 1.29 is 8.78 Å². The smallest absolute Gasteiger partial charge is 0.253 e. The molecule has 0 bridgehead atoms. The maximum absolute atomic E-state index is 15.9. The predicted octanol–water partition coefficient (Wildman–Crippen LogP) is 8.91. The largest absolute Gasteiger partial charge is 0.350 e. The molecule has 4 heterocycles. The number of halogens is 2. The molecular weight excluding hydrogens is 591 g/mol. The zero-order valence-corrected chi connectivity index (χ0v) is 25.5. The fraction of sp³-hybridized carbons (Fsp3) is 0.0256. The standard InChI is InChI=1S/C39H24BF2N3S/c1-43-20-19-23-21-25-34(22-33(23)43)45(29-13-6-4-11-27(29)42)31-15-8-14-30-38(31)40(25)39-32(44(30)28-12-5-3-10-26(28)41)17-18-36-37(39)24-9-2-7-16-35(24)46-36/h2-22H,1H3. The van der Waals surface area contributed by atoms with Crippen LogP contribution in [0.15, 0.2) is 128 Å². The lowest BCUT2D eigenvalue weighted by molar-refractivity contribution is 0.629. The van der Waals surface area contributed by atoms with E-state index in [1.165, 1.54) is 32.3 Å². The van der Waals surface area contributed by atoms with Crippen molar-refractivity contribution in [1.29, 1.82) is 0 Å². The highest BCUT2D eigenvalue weighted by atomic mass is 32.1. The molecule has 0 fully saturated rings. The molecule has 2 aromatic heterocycles. The van der Waals surface area contributed by atoms with Crippen molar-refractivity contribution >= 4 is 99.6 Å². The molecule has 0 aliphatic carbocycles. The number of benzene rings is 6. The molecule has 0 amide bonds. The van der Waals surface area contributed by atoms with Gasteiger partial charge < -0.3 is 14.4 Å². The summed E-state index contributed by atoms with van der Waals surface area (Å²) in [5, 5.41) is 3.49. The maximum atomic E-state index is 15.9. The third kappa shape index (κ3) is 3.35. The SMILES string of the molecule is Cn1ccc2cc3c(cc21)N(c1ccccc1F)c1cccc2c1B3c1c(ccc3sc4ccccc4c13)N2c1ccccc1F. The summed E-state index contributed by atoms with van der Waals surface area (Å²) < 4.78 is 36.2. The molecule has 8 aromatic rings. The normalized spacial score (nSPS) is 13.4. The number of hydrogen-bond donors (Lipinski definition) is 0. The van der Waals surface area contributed by atoms with Gasteiger partial charge in [0.1, 0.15) is 11.6 Å². The molecule has 0 radical (unpaired) electrons. The van der Waals surface area contributed by atoms with Gasteiger partial charge >= 0.3 is 0 Å². The van der Waals surface area contributed by atoms with Gasteiger partial charge in [-0.05, 0) is 99.3 Å². The molecule has 0 saturated heterocycles. The molecular formula is C39H24BF2N3S. The van der Waals surface area contributed by atoms with Crippen LogP contribution in [-0.4, -0.2) is 11.3 Å². The highest BCUT2D eigenvalue weighted by Gasteiger charge is 2.45. The van der Waals surface area contributed by atoms with E-state index < -0.39 is 0 Å². The molecule has 0 unspecified atom stereocenters. The minimum Gasteiger partial charge on any atom is -0.350 e. The number of aromatic nitrogens is 1. The van der Waals surface area contributed by atoms with Crippen molar-refractivity contribution in [3.05, 3.63) is 139 Å². The second-order valence-electron chi connectivity index (χ2n) is 12.1. The van der Waals surface area contributed by atoms with Crippen LogP contribution in [0.1, 0.15) is 0 Å². The Morgan fingerprint density at radius 1 is 0.565 bits per heavy atom. The first-order chi connectivity index (χ1) is 22.6. The second kappa shape index (κ2) is 9.31. The van der Waals surface area contributed by atoms with Gasteiger partial charge in [0.15, 0.2) is 0 Å². The first-order valence-electron chi connectivity index (χ1n) is 15.3. The number of nitrogens with zero attached hydrogens (tertiary/aromatic N) is 3. The summed E-state index contributed by atoms with van der Waals surface area (Å²) in [5.41, 5.74) is 8.97. The van der Waals surface area contributed by atoms with E-state index in [0.29, 0.717) is 11.4 Å². The van der Waals surface area contributed by atoms with Gasteiger partial charge in [-0.3, -0.25) is 0 Å². The lowest BCUT2D eigenvalue weighted by atomic mass is 9.33. The number of thiophene rings is 1. The van der Waals surface area contributed by atoms with Gasteiger partial charge in [-0.1, -0.05) is 54.6 Å². The molecule has 218 valence electrons. The Balaban J connectivity index is 1.41. The monoisotopic (exact) mass is 615 g/mol. The van der Waals surface area contributed by atoms with Crippen LogP contribution in [0.4, 0.5) is 42.9 Å². The van der Waals surface area contributed by atoms with Crippen LogP contribution in [0.2, 0.25) is 0 Å². The Labute approximate surface area is 268 Å². The van der Waals surface area contributed by atoms with E-state index >= 15 is 8.78 Å². The van der Waals surface area contributed by atoms with E-state index in [1.807, 2.05) is 37.4 Å². The average molecular weight is 616 g/mol. The van der Waals surface area contributed by atoms with Crippen LogP contribution in [0.3, 0.4) is 0 Å². The highest BCUT2D eigenvalue weighted by molar-refractivity contribution is 7.26. The average Bonchev–Trinajstić information content (AvgIpc) is 3.64. The molecule has 0 atom stereocenters. The van der Waals surface area contributed by atoms with Crippen molar-refractivity contribution in [2.24, 2.45) is 7.05 Å². The van der Waals surface area contributed by atoms with E-state index in [1.54, 1.807) is 23.5 Å². The van der Waals surface area contributed by atoms with Crippen molar-refractivity contribution in [1.82, 2.24) is 4.57 Å². The van der Waals surface area contributed by atoms with Gasteiger partial charge in [0.25, 0.3) is 6.71 Å². The molecule has 3 nitrogen and oxygen atoms in total. The highest BCUT2D eigenvalue weighted by Crippen LogP contribution is 2.47. The van der Waals surface area contributed by atoms with Crippen LogP contribution in [-0.2, 0) is 7.05 Å². The first kappa shape index (κ1) is 25.9. The topological polar surface area (TPSA) is 11.4 Å². The summed E-state index contributed by atoms with van der Waals surface area (Å²) in [5.74, 6) is -0.599. The Kier molecular flexibility index (Phi) is 5.24.